The van der Waals surface area contributed by atoms with Gasteiger partial charge in [0.2, 0.25) is 5.88 Å². The van der Waals surface area contributed by atoms with E-state index in [2.05, 4.69) is 20.4 Å². The summed E-state index contributed by atoms with van der Waals surface area (Å²) in [4.78, 5) is 3.81. The molecule has 0 unspecified atom stereocenters. The molecule has 0 fully saturated rings. The molecular formula is C6H6N4NaO. The van der Waals surface area contributed by atoms with Gasteiger partial charge in [-0.2, -0.15) is 0 Å². The van der Waals surface area contributed by atoms with Crippen molar-refractivity contribution in [3.63, 3.8) is 0 Å². The van der Waals surface area contributed by atoms with E-state index >= 15 is 0 Å². The smallest absolute Gasteiger partial charge is 0.241 e. The Morgan fingerprint density at radius 2 is 2.25 bits per heavy atom. The van der Waals surface area contributed by atoms with E-state index in [1.165, 1.54) is 0 Å². The van der Waals surface area contributed by atoms with Gasteiger partial charge < -0.3 is 5.11 Å². The fourth-order valence-electron chi connectivity index (χ4n) is 0.963. The topological polar surface area (TPSA) is 74.7 Å². The van der Waals surface area contributed by atoms with Crippen molar-refractivity contribution in [2.45, 2.75) is 6.92 Å². The first kappa shape index (κ1) is 9.44. The Kier molecular flexibility index (Phi) is 2.66. The third-order valence-electron chi connectivity index (χ3n) is 1.42. The van der Waals surface area contributed by atoms with Crippen molar-refractivity contribution < 1.29 is 5.11 Å². The van der Waals surface area contributed by atoms with Gasteiger partial charge in [0.15, 0.2) is 5.52 Å². The summed E-state index contributed by atoms with van der Waals surface area (Å²) in [7, 11) is 0. The molecule has 2 heterocycles. The van der Waals surface area contributed by atoms with Crippen molar-refractivity contribution in [2.75, 3.05) is 0 Å². The zero-order valence-electron chi connectivity index (χ0n) is 6.87. The molecule has 2 N–H and O–H groups in total. The molecule has 2 rings (SSSR count). The number of nitrogens with one attached hydrogen (secondary N) is 1. The number of pyridine rings is 1. The number of H-pyrrole nitrogens is 1. The minimum absolute atomic E-state index is 0. The van der Waals surface area contributed by atoms with Gasteiger partial charge in [-0.3, -0.25) is 5.10 Å². The minimum atomic E-state index is -0.0752. The molecule has 2 aromatic heterocycles. The van der Waals surface area contributed by atoms with Gasteiger partial charge in [-0.1, -0.05) is 5.21 Å². The second kappa shape index (κ2) is 3.38. The van der Waals surface area contributed by atoms with E-state index in [-0.39, 0.29) is 35.4 Å². The Bertz CT molecular complexity index is 399. The predicted molar refractivity (Wildman–Crippen MR) is 43.8 cm³/mol. The zero-order valence-corrected chi connectivity index (χ0v) is 8.87. The van der Waals surface area contributed by atoms with E-state index in [9.17, 15) is 5.11 Å². The third kappa shape index (κ3) is 1.43. The molecule has 1 radical (unpaired) electrons. The van der Waals surface area contributed by atoms with Gasteiger partial charge in [-0.05, 0) is 13.0 Å². The summed E-state index contributed by atoms with van der Waals surface area (Å²) in [5, 5.41) is 19.0. The predicted octanol–water partition coefficient (Wildman–Crippen LogP) is -0.0139. The Morgan fingerprint density at radius 1 is 1.50 bits per heavy atom. The number of hydrogen-bond acceptors (Lipinski definition) is 4. The maximum atomic E-state index is 9.21. The van der Waals surface area contributed by atoms with E-state index in [4.69, 9.17) is 0 Å². The molecular weight excluding hydrogens is 167 g/mol. The summed E-state index contributed by atoms with van der Waals surface area (Å²) < 4.78 is 0. The minimum Gasteiger partial charge on any atom is -0.492 e. The average Bonchev–Trinajstić information content (AvgIpc) is 2.34. The van der Waals surface area contributed by atoms with Crippen molar-refractivity contribution in [3.05, 3.63) is 11.8 Å². The van der Waals surface area contributed by atoms with Crippen LogP contribution in [-0.2, 0) is 0 Å². The molecule has 0 aliphatic rings. The molecule has 0 aliphatic carbocycles. The first-order valence-corrected chi connectivity index (χ1v) is 3.15. The monoisotopic (exact) mass is 173 g/mol. The van der Waals surface area contributed by atoms with Gasteiger partial charge in [-0.25, -0.2) is 4.98 Å². The molecule has 57 valence electrons. The summed E-state index contributed by atoms with van der Waals surface area (Å²) in [5.74, 6) is -0.0752. The quantitative estimate of drug-likeness (QED) is 0.549. The Hall–Kier alpha value is -0.650. The number of hydrogen-bond donors (Lipinski definition) is 2. The number of nitrogens with zero attached hydrogens (tertiary/aromatic N) is 3. The second-order valence-corrected chi connectivity index (χ2v) is 2.30. The summed E-state index contributed by atoms with van der Waals surface area (Å²) in [6.07, 6.45) is 0. The Balaban J connectivity index is 0.000000720. The molecule has 0 aromatic carbocycles. The van der Waals surface area contributed by atoms with Crippen LogP contribution in [-0.4, -0.2) is 55.1 Å². The van der Waals surface area contributed by atoms with Crippen molar-refractivity contribution in [3.8, 4) is 5.88 Å². The van der Waals surface area contributed by atoms with Crippen LogP contribution in [0, 0.1) is 6.92 Å². The number of aryl methyl sites for hydroxylation is 1. The van der Waals surface area contributed by atoms with Crippen LogP contribution in [0.2, 0.25) is 0 Å². The van der Waals surface area contributed by atoms with Gasteiger partial charge in [0.25, 0.3) is 0 Å². The molecule has 0 saturated heterocycles. The van der Waals surface area contributed by atoms with Crippen molar-refractivity contribution in [2.24, 2.45) is 0 Å². The summed E-state index contributed by atoms with van der Waals surface area (Å²) in [5.41, 5.74) is 1.85. The van der Waals surface area contributed by atoms with E-state index < -0.39 is 0 Å². The van der Waals surface area contributed by atoms with Gasteiger partial charge >= 0.3 is 0 Å². The van der Waals surface area contributed by atoms with Crippen LogP contribution in [0.15, 0.2) is 6.07 Å². The van der Waals surface area contributed by atoms with Crippen LogP contribution in [0.4, 0.5) is 0 Å². The van der Waals surface area contributed by atoms with Gasteiger partial charge in [0.1, 0.15) is 0 Å². The third-order valence-corrected chi connectivity index (χ3v) is 1.42. The fraction of sp³-hybridized carbons (Fsp3) is 0.167. The Labute approximate surface area is 90.5 Å². The van der Waals surface area contributed by atoms with Crippen LogP contribution in [0.1, 0.15) is 5.69 Å². The van der Waals surface area contributed by atoms with E-state index in [0.29, 0.717) is 11.0 Å². The van der Waals surface area contributed by atoms with Crippen LogP contribution in [0.5, 0.6) is 5.88 Å². The normalized spacial score (nSPS) is 9.75. The summed E-state index contributed by atoms with van der Waals surface area (Å²) in [6.45, 7) is 1.79. The van der Waals surface area contributed by atoms with E-state index in [1.54, 1.807) is 13.0 Å². The van der Waals surface area contributed by atoms with Crippen molar-refractivity contribution in [1.82, 2.24) is 20.4 Å². The molecule has 2 aromatic rings. The molecule has 0 saturated carbocycles. The molecule has 0 spiro atoms. The second-order valence-electron chi connectivity index (χ2n) is 2.30. The maximum Gasteiger partial charge on any atom is 0.241 e. The average molecular weight is 173 g/mol. The first-order chi connectivity index (χ1) is 5.27. The molecule has 12 heavy (non-hydrogen) atoms. The molecule has 6 heteroatoms. The Morgan fingerprint density at radius 3 is 3.00 bits per heavy atom. The van der Waals surface area contributed by atoms with E-state index in [0.717, 1.165) is 5.69 Å². The van der Waals surface area contributed by atoms with Gasteiger partial charge in [0.05, 0.1) is 5.52 Å². The van der Waals surface area contributed by atoms with Crippen LogP contribution in [0.3, 0.4) is 0 Å². The largest absolute Gasteiger partial charge is 0.492 e. The van der Waals surface area contributed by atoms with Crippen LogP contribution >= 0.6 is 0 Å². The molecule has 0 amide bonds. The standard InChI is InChI=1S/C6H6N4O.Na/c1-3-2-4-5(6(11)7-3)9-10-8-4;/h2H,1H3,(H,7,11)(H,8,9,10);. The van der Waals surface area contributed by atoms with E-state index in [1.807, 2.05) is 0 Å². The maximum absolute atomic E-state index is 9.21. The molecule has 0 aliphatic heterocycles. The number of aromatic nitrogens is 4. The van der Waals surface area contributed by atoms with Gasteiger partial charge in [-0.15, -0.1) is 5.10 Å². The number of fused-ring (bicyclic) bond motifs is 1. The number of aromatic amines is 1. The SMILES string of the molecule is Cc1cc2[nH]nnc2c(O)n1.[Na]. The van der Waals surface area contributed by atoms with Crippen LogP contribution < -0.4 is 0 Å². The fourth-order valence-corrected chi connectivity index (χ4v) is 0.963. The van der Waals surface area contributed by atoms with Crippen LogP contribution in [0.25, 0.3) is 11.0 Å². The van der Waals surface area contributed by atoms with Crippen molar-refractivity contribution in [1.29, 1.82) is 0 Å². The van der Waals surface area contributed by atoms with Gasteiger partial charge in [0, 0.05) is 35.3 Å². The first-order valence-electron chi connectivity index (χ1n) is 3.15. The summed E-state index contributed by atoms with van der Waals surface area (Å²) >= 11 is 0. The molecule has 0 atom stereocenters. The van der Waals surface area contributed by atoms with Crippen molar-refractivity contribution >= 4 is 40.6 Å². The molecule has 5 nitrogen and oxygen atoms in total. The zero-order chi connectivity index (χ0) is 7.84. The summed E-state index contributed by atoms with van der Waals surface area (Å²) in [6, 6.07) is 1.77. The molecule has 0 bridgehead atoms. The number of aromatic hydroxyl groups is 1. The number of rotatable bonds is 0.